The van der Waals surface area contributed by atoms with E-state index in [2.05, 4.69) is 10.5 Å². The minimum absolute atomic E-state index is 0.0279. The van der Waals surface area contributed by atoms with Crippen molar-refractivity contribution in [1.29, 1.82) is 0 Å². The third kappa shape index (κ3) is 4.62. The van der Waals surface area contributed by atoms with Gasteiger partial charge < -0.3 is 5.11 Å². The minimum Gasteiger partial charge on any atom is -0.508 e. The lowest BCUT2D eigenvalue weighted by molar-refractivity contribution is 0.0954. The first kappa shape index (κ1) is 19.1. The van der Waals surface area contributed by atoms with E-state index in [1.54, 1.807) is 18.3 Å². The lowest BCUT2D eigenvalue weighted by Gasteiger charge is -2.01. The molecule has 0 unspecified atom stereocenters. The molecule has 3 aromatic carbocycles. The van der Waals surface area contributed by atoms with Crippen LogP contribution < -0.4 is 5.43 Å². The second-order valence-electron chi connectivity index (χ2n) is 6.73. The van der Waals surface area contributed by atoms with Crippen molar-refractivity contribution >= 4 is 12.1 Å². The van der Waals surface area contributed by atoms with Crippen molar-refractivity contribution in [3.8, 4) is 17.0 Å². The Morgan fingerprint density at radius 3 is 2.47 bits per heavy atom. The fourth-order valence-electron chi connectivity index (χ4n) is 3.08. The molecule has 1 amide bonds. The summed E-state index contributed by atoms with van der Waals surface area (Å²) >= 11 is 0. The van der Waals surface area contributed by atoms with Gasteiger partial charge in [0.2, 0.25) is 0 Å². The Morgan fingerprint density at radius 2 is 1.73 bits per heavy atom. The summed E-state index contributed by atoms with van der Waals surface area (Å²) in [5.41, 5.74) is 6.49. The van der Waals surface area contributed by atoms with Crippen LogP contribution in [0.5, 0.6) is 5.75 Å². The number of aromatic nitrogens is 2. The Kier molecular flexibility index (Phi) is 5.66. The Morgan fingerprint density at radius 1 is 1.00 bits per heavy atom. The molecule has 0 bridgehead atoms. The largest absolute Gasteiger partial charge is 0.508 e. The fraction of sp³-hybridized carbons (Fsp3) is 0.0417. The van der Waals surface area contributed by atoms with Gasteiger partial charge in [0.1, 0.15) is 11.4 Å². The van der Waals surface area contributed by atoms with E-state index in [1.165, 1.54) is 12.1 Å². The number of hydrazone groups is 1. The van der Waals surface area contributed by atoms with Crippen molar-refractivity contribution < 1.29 is 9.90 Å². The highest BCUT2D eigenvalue weighted by Crippen LogP contribution is 2.21. The monoisotopic (exact) mass is 396 g/mol. The molecule has 0 aliphatic rings. The molecule has 148 valence electrons. The van der Waals surface area contributed by atoms with E-state index in [0.717, 1.165) is 22.4 Å². The standard InChI is InChI=1S/C24H20N4O2/c29-22-13-7-12-20(14-22)24(30)26-25-15-21-17-28(16-18-8-3-1-4-9-18)27-23(21)19-10-5-2-6-11-19/h1-15,17,29H,16H2,(H,26,30)/b25-15-. The minimum atomic E-state index is -0.403. The Balaban J connectivity index is 1.57. The molecule has 4 rings (SSSR count). The average Bonchev–Trinajstić information content (AvgIpc) is 3.17. The second-order valence-corrected chi connectivity index (χ2v) is 6.73. The van der Waals surface area contributed by atoms with Gasteiger partial charge in [-0.25, -0.2) is 5.43 Å². The van der Waals surface area contributed by atoms with E-state index in [9.17, 15) is 9.90 Å². The van der Waals surface area contributed by atoms with Crippen molar-refractivity contribution in [3.63, 3.8) is 0 Å². The van der Waals surface area contributed by atoms with E-state index < -0.39 is 5.91 Å². The van der Waals surface area contributed by atoms with Gasteiger partial charge in [-0.15, -0.1) is 0 Å². The van der Waals surface area contributed by atoms with Crippen LogP contribution in [0.25, 0.3) is 11.3 Å². The molecule has 0 atom stereocenters. The van der Waals surface area contributed by atoms with Crippen molar-refractivity contribution in [2.24, 2.45) is 5.10 Å². The predicted molar refractivity (Wildman–Crippen MR) is 116 cm³/mol. The average molecular weight is 396 g/mol. The molecule has 0 fully saturated rings. The van der Waals surface area contributed by atoms with Crippen LogP contribution in [-0.2, 0) is 6.54 Å². The summed E-state index contributed by atoms with van der Waals surface area (Å²) < 4.78 is 1.86. The highest BCUT2D eigenvalue weighted by Gasteiger charge is 2.11. The highest BCUT2D eigenvalue weighted by molar-refractivity contribution is 5.96. The molecule has 6 heteroatoms. The molecule has 2 N–H and O–H groups in total. The zero-order valence-corrected chi connectivity index (χ0v) is 16.1. The van der Waals surface area contributed by atoms with Gasteiger partial charge >= 0.3 is 0 Å². The molecule has 1 heterocycles. The third-order valence-electron chi connectivity index (χ3n) is 4.50. The summed E-state index contributed by atoms with van der Waals surface area (Å²) in [6.07, 6.45) is 3.48. The number of benzene rings is 3. The number of hydrogen-bond donors (Lipinski definition) is 2. The van der Waals surface area contributed by atoms with Gasteiger partial charge in [0.25, 0.3) is 5.91 Å². The maximum absolute atomic E-state index is 12.2. The molecule has 0 spiro atoms. The van der Waals surface area contributed by atoms with Gasteiger partial charge in [0.15, 0.2) is 0 Å². The lowest BCUT2D eigenvalue weighted by atomic mass is 10.1. The first-order valence-electron chi connectivity index (χ1n) is 9.48. The van der Waals surface area contributed by atoms with Crippen molar-refractivity contribution in [2.45, 2.75) is 6.54 Å². The highest BCUT2D eigenvalue weighted by atomic mass is 16.3. The molecule has 6 nitrogen and oxygen atoms in total. The SMILES string of the molecule is O=C(N/N=C\c1cn(Cc2ccccc2)nc1-c1ccccc1)c1cccc(O)c1. The van der Waals surface area contributed by atoms with Gasteiger partial charge in [-0.3, -0.25) is 9.48 Å². The van der Waals surface area contributed by atoms with Crippen molar-refractivity contribution in [2.75, 3.05) is 0 Å². The molecule has 0 saturated heterocycles. The van der Waals surface area contributed by atoms with Crippen molar-refractivity contribution in [3.05, 3.63) is 108 Å². The first-order valence-corrected chi connectivity index (χ1v) is 9.48. The van der Waals surface area contributed by atoms with Crippen LogP contribution in [0, 0.1) is 0 Å². The van der Waals surface area contributed by atoms with E-state index in [0.29, 0.717) is 12.1 Å². The summed E-state index contributed by atoms with van der Waals surface area (Å²) in [5.74, 6) is -0.375. The van der Waals surface area contributed by atoms with Crippen LogP contribution in [0.3, 0.4) is 0 Å². The summed E-state index contributed by atoms with van der Waals surface area (Å²) in [7, 11) is 0. The van der Waals surface area contributed by atoms with Crippen LogP contribution in [0.2, 0.25) is 0 Å². The number of carbonyl (C=O) groups is 1. The normalized spacial score (nSPS) is 10.9. The number of phenols is 1. The molecular formula is C24H20N4O2. The Hall–Kier alpha value is -4.19. The molecular weight excluding hydrogens is 376 g/mol. The zero-order valence-electron chi connectivity index (χ0n) is 16.1. The Bertz CT molecular complexity index is 1170. The first-order chi connectivity index (χ1) is 14.7. The van der Waals surface area contributed by atoms with Gasteiger partial charge in [-0.05, 0) is 23.8 Å². The summed E-state index contributed by atoms with van der Waals surface area (Å²) in [6.45, 7) is 0.629. The van der Waals surface area contributed by atoms with Gasteiger partial charge in [-0.2, -0.15) is 10.2 Å². The lowest BCUT2D eigenvalue weighted by Crippen LogP contribution is -2.17. The van der Waals surface area contributed by atoms with E-state index in [-0.39, 0.29) is 5.75 Å². The number of rotatable bonds is 6. The maximum Gasteiger partial charge on any atom is 0.271 e. The predicted octanol–water partition coefficient (Wildman–Crippen LogP) is 4.07. The zero-order chi connectivity index (χ0) is 20.8. The van der Waals surface area contributed by atoms with Crippen LogP contribution in [0.4, 0.5) is 0 Å². The number of phenolic OH excluding ortho intramolecular Hbond substituents is 1. The van der Waals surface area contributed by atoms with E-state index >= 15 is 0 Å². The molecule has 4 aromatic rings. The van der Waals surface area contributed by atoms with E-state index in [1.807, 2.05) is 71.5 Å². The van der Waals surface area contributed by atoms with Crippen LogP contribution in [0.1, 0.15) is 21.5 Å². The van der Waals surface area contributed by atoms with Gasteiger partial charge in [-0.1, -0.05) is 66.7 Å². The molecule has 0 aliphatic heterocycles. The topological polar surface area (TPSA) is 79.5 Å². The van der Waals surface area contributed by atoms with Crippen LogP contribution in [-0.4, -0.2) is 27.0 Å². The number of amides is 1. The van der Waals surface area contributed by atoms with Crippen LogP contribution >= 0.6 is 0 Å². The van der Waals surface area contributed by atoms with Crippen LogP contribution in [0.15, 0.2) is 96.2 Å². The van der Waals surface area contributed by atoms with Gasteiger partial charge in [0.05, 0.1) is 12.8 Å². The molecule has 0 radical (unpaired) electrons. The number of nitrogens with one attached hydrogen (secondary N) is 1. The Labute approximate surface area is 174 Å². The molecule has 1 aromatic heterocycles. The summed E-state index contributed by atoms with van der Waals surface area (Å²) in [4.78, 5) is 12.2. The van der Waals surface area contributed by atoms with Crippen molar-refractivity contribution in [1.82, 2.24) is 15.2 Å². The number of hydrogen-bond acceptors (Lipinski definition) is 4. The number of carbonyl (C=O) groups excluding carboxylic acids is 1. The molecule has 0 saturated carbocycles. The smallest absolute Gasteiger partial charge is 0.271 e. The molecule has 0 aliphatic carbocycles. The van der Waals surface area contributed by atoms with Gasteiger partial charge in [0, 0.05) is 22.9 Å². The summed E-state index contributed by atoms with van der Waals surface area (Å²) in [5, 5.41) is 18.3. The van der Waals surface area contributed by atoms with E-state index in [4.69, 9.17) is 5.10 Å². The maximum atomic E-state index is 12.2. The summed E-state index contributed by atoms with van der Waals surface area (Å²) in [6, 6.07) is 26.0. The second kappa shape index (κ2) is 8.87. The fourth-order valence-corrected chi connectivity index (χ4v) is 3.08. The molecule has 30 heavy (non-hydrogen) atoms. The number of aromatic hydroxyl groups is 1. The third-order valence-corrected chi connectivity index (χ3v) is 4.50. The number of nitrogens with zero attached hydrogens (tertiary/aromatic N) is 3. The quantitative estimate of drug-likeness (QED) is 0.381.